The molecule has 0 spiro atoms. The average molecular weight is 279 g/mol. The Balaban J connectivity index is 2.79. The maximum atomic E-state index is 5.87. The third-order valence-electron chi connectivity index (χ3n) is 3.50. The summed E-state index contributed by atoms with van der Waals surface area (Å²) in [7, 11) is 0. The van der Waals surface area contributed by atoms with Gasteiger partial charge < -0.3 is 9.47 Å². The van der Waals surface area contributed by atoms with Crippen LogP contribution in [0.3, 0.4) is 0 Å². The average Bonchev–Trinajstić information content (AvgIpc) is 2.39. The van der Waals surface area contributed by atoms with E-state index < -0.39 is 0 Å². The molecule has 3 nitrogen and oxygen atoms in total. The minimum Gasteiger partial charge on any atom is -0.491 e. The quantitative estimate of drug-likeness (QED) is 0.651. The van der Waals surface area contributed by atoms with E-state index in [2.05, 4.69) is 39.6 Å². The Morgan fingerprint density at radius 3 is 2.30 bits per heavy atom. The summed E-state index contributed by atoms with van der Waals surface area (Å²) < 4.78 is 11.7. The standard InChI is InChI=1S/C17H29NO2/c1-7-8-10-19-16-13(4)14(5)17(18-15(16)6)20-11-9-12(2)3/h12H,7-11H2,1-6H3. The van der Waals surface area contributed by atoms with E-state index in [0.29, 0.717) is 5.92 Å². The smallest absolute Gasteiger partial charge is 0.216 e. The van der Waals surface area contributed by atoms with E-state index in [1.165, 1.54) is 0 Å². The first-order chi connectivity index (χ1) is 9.47. The van der Waals surface area contributed by atoms with Gasteiger partial charge in [0.2, 0.25) is 5.88 Å². The van der Waals surface area contributed by atoms with Gasteiger partial charge in [-0.2, -0.15) is 0 Å². The summed E-state index contributed by atoms with van der Waals surface area (Å²) in [6.45, 7) is 14.2. The van der Waals surface area contributed by atoms with Crippen molar-refractivity contribution in [2.24, 2.45) is 5.92 Å². The summed E-state index contributed by atoms with van der Waals surface area (Å²) in [4.78, 5) is 4.56. The molecule has 0 saturated carbocycles. The van der Waals surface area contributed by atoms with Crippen LogP contribution in [-0.2, 0) is 0 Å². The van der Waals surface area contributed by atoms with Crippen LogP contribution in [0.15, 0.2) is 0 Å². The molecule has 0 aliphatic heterocycles. The number of unbranched alkanes of at least 4 members (excludes halogenated alkanes) is 1. The molecule has 0 aliphatic rings. The molecule has 1 rings (SSSR count). The van der Waals surface area contributed by atoms with Crippen LogP contribution >= 0.6 is 0 Å². The van der Waals surface area contributed by atoms with Crippen LogP contribution in [0, 0.1) is 26.7 Å². The molecule has 0 fully saturated rings. The third kappa shape index (κ3) is 4.69. The van der Waals surface area contributed by atoms with Gasteiger partial charge in [-0.15, -0.1) is 0 Å². The molecule has 0 N–H and O–H groups in total. The van der Waals surface area contributed by atoms with Crippen LogP contribution in [0.4, 0.5) is 0 Å². The zero-order valence-corrected chi connectivity index (χ0v) is 13.9. The molecule has 0 saturated heterocycles. The lowest BCUT2D eigenvalue weighted by Crippen LogP contribution is -2.08. The van der Waals surface area contributed by atoms with Crippen molar-refractivity contribution in [3.63, 3.8) is 0 Å². The molecule has 0 unspecified atom stereocenters. The van der Waals surface area contributed by atoms with Gasteiger partial charge in [0.1, 0.15) is 5.75 Å². The Morgan fingerprint density at radius 2 is 1.70 bits per heavy atom. The van der Waals surface area contributed by atoms with Gasteiger partial charge in [0.25, 0.3) is 0 Å². The number of pyridine rings is 1. The number of aryl methyl sites for hydroxylation is 1. The topological polar surface area (TPSA) is 31.4 Å². The normalized spacial score (nSPS) is 10.9. The second-order valence-electron chi connectivity index (χ2n) is 5.81. The first kappa shape index (κ1) is 16.8. The van der Waals surface area contributed by atoms with Crippen molar-refractivity contribution in [2.75, 3.05) is 13.2 Å². The molecule has 1 heterocycles. The summed E-state index contributed by atoms with van der Waals surface area (Å²) in [6, 6.07) is 0. The lowest BCUT2D eigenvalue weighted by atomic mass is 10.1. The van der Waals surface area contributed by atoms with Crippen LogP contribution < -0.4 is 9.47 Å². The summed E-state index contributed by atoms with van der Waals surface area (Å²) in [6.07, 6.45) is 3.26. The highest BCUT2D eigenvalue weighted by molar-refractivity contribution is 5.46. The van der Waals surface area contributed by atoms with Gasteiger partial charge in [-0.1, -0.05) is 27.2 Å². The second kappa shape index (κ2) is 8.13. The molecule has 0 radical (unpaired) electrons. The minimum absolute atomic E-state index is 0.647. The first-order valence-corrected chi connectivity index (χ1v) is 7.70. The van der Waals surface area contributed by atoms with E-state index in [1.807, 2.05) is 6.92 Å². The van der Waals surface area contributed by atoms with E-state index in [1.54, 1.807) is 0 Å². The lowest BCUT2D eigenvalue weighted by Gasteiger charge is -2.17. The SMILES string of the molecule is CCCCOc1c(C)nc(OCCC(C)C)c(C)c1C. The second-order valence-corrected chi connectivity index (χ2v) is 5.81. The van der Waals surface area contributed by atoms with Gasteiger partial charge in [-0.25, -0.2) is 4.98 Å². The number of rotatable bonds is 8. The van der Waals surface area contributed by atoms with Crippen molar-refractivity contribution in [1.29, 1.82) is 0 Å². The predicted molar refractivity (Wildman–Crippen MR) is 83.8 cm³/mol. The molecular formula is C17H29NO2. The van der Waals surface area contributed by atoms with Crippen LogP contribution in [0.25, 0.3) is 0 Å². The molecule has 3 heteroatoms. The molecule has 0 amide bonds. The van der Waals surface area contributed by atoms with Crippen molar-refractivity contribution in [3.05, 3.63) is 16.8 Å². The van der Waals surface area contributed by atoms with Gasteiger partial charge in [-0.3, -0.25) is 0 Å². The molecule has 0 aliphatic carbocycles. The Kier molecular flexibility index (Phi) is 6.83. The van der Waals surface area contributed by atoms with E-state index in [0.717, 1.165) is 60.9 Å². The van der Waals surface area contributed by atoms with Gasteiger partial charge in [0, 0.05) is 11.1 Å². The summed E-state index contributed by atoms with van der Waals surface area (Å²) in [5.74, 6) is 2.32. The van der Waals surface area contributed by atoms with Crippen LogP contribution in [-0.4, -0.2) is 18.2 Å². The largest absolute Gasteiger partial charge is 0.491 e. The first-order valence-electron chi connectivity index (χ1n) is 7.70. The Bertz CT molecular complexity index is 427. The Morgan fingerprint density at radius 1 is 1.00 bits per heavy atom. The van der Waals surface area contributed by atoms with Crippen molar-refractivity contribution < 1.29 is 9.47 Å². The molecule has 114 valence electrons. The maximum Gasteiger partial charge on any atom is 0.216 e. The molecule has 0 aromatic carbocycles. The van der Waals surface area contributed by atoms with Gasteiger partial charge in [0.15, 0.2) is 0 Å². The van der Waals surface area contributed by atoms with Crippen molar-refractivity contribution >= 4 is 0 Å². The number of hydrogen-bond donors (Lipinski definition) is 0. The molecule has 20 heavy (non-hydrogen) atoms. The number of aromatic nitrogens is 1. The highest BCUT2D eigenvalue weighted by Crippen LogP contribution is 2.30. The highest BCUT2D eigenvalue weighted by Gasteiger charge is 2.14. The fourth-order valence-electron chi connectivity index (χ4n) is 1.95. The van der Waals surface area contributed by atoms with Gasteiger partial charge >= 0.3 is 0 Å². The van der Waals surface area contributed by atoms with E-state index in [4.69, 9.17) is 9.47 Å². The Hall–Kier alpha value is -1.25. The zero-order chi connectivity index (χ0) is 15.1. The van der Waals surface area contributed by atoms with Crippen molar-refractivity contribution in [3.8, 4) is 11.6 Å². The molecular weight excluding hydrogens is 250 g/mol. The molecule has 1 aromatic rings. The summed E-state index contributed by atoms with van der Waals surface area (Å²) in [5, 5.41) is 0. The van der Waals surface area contributed by atoms with Crippen LogP contribution in [0.1, 0.15) is 56.9 Å². The summed E-state index contributed by atoms with van der Waals surface area (Å²) >= 11 is 0. The van der Waals surface area contributed by atoms with Crippen molar-refractivity contribution in [1.82, 2.24) is 4.98 Å². The third-order valence-corrected chi connectivity index (χ3v) is 3.50. The van der Waals surface area contributed by atoms with E-state index >= 15 is 0 Å². The van der Waals surface area contributed by atoms with Crippen LogP contribution in [0.2, 0.25) is 0 Å². The van der Waals surface area contributed by atoms with E-state index in [-0.39, 0.29) is 0 Å². The molecule has 1 aromatic heterocycles. The fourth-order valence-corrected chi connectivity index (χ4v) is 1.95. The number of ether oxygens (including phenoxy) is 2. The number of hydrogen-bond acceptors (Lipinski definition) is 3. The maximum absolute atomic E-state index is 5.87. The fraction of sp³-hybridized carbons (Fsp3) is 0.706. The van der Waals surface area contributed by atoms with E-state index in [9.17, 15) is 0 Å². The van der Waals surface area contributed by atoms with Crippen LogP contribution in [0.5, 0.6) is 11.6 Å². The lowest BCUT2D eigenvalue weighted by molar-refractivity contribution is 0.271. The number of nitrogens with zero attached hydrogens (tertiary/aromatic N) is 1. The predicted octanol–water partition coefficient (Wildman–Crippen LogP) is 4.61. The summed E-state index contributed by atoms with van der Waals surface area (Å²) in [5.41, 5.74) is 3.16. The molecule has 0 bridgehead atoms. The van der Waals surface area contributed by atoms with Crippen molar-refractivity contribution in [2.45, 2.75) is 60.8 Å². The molecule has 0 atom stereocenters. The Labute approximate surface area is 123 Å². The van der Waals surface area contributed by atoms with Gasteiger partial charge in [0.05, 0.1) is 18.9 Å². The minimum atomic E-state index is 0.647. The highest BCUT2D eigenvalue weighted by atomic mass is 16.5. The van der Waals surface area contributed by atoms with Gasteiger partial charge in [-0.05, 0) is 39.5 Å². The monoisotopic (exact) mass is 279 g/mol. The zero-order valence-electron chi connectivity index (χ0n) is 13.9.